The number of anilines is 1. The summed E-state index contributed by atoms with van der Waals surface area (Å²) in [4.78, 5) is 12.7. The van der Waals surface area contributed by atoms with Crippen LogP contribution in [0.4, 0.5) is 5.69 Å². The minimum atomic E-state index is -3.50. The molecule has 1 aromatic rings. The number of nitrogens with one attached hydrogen (secondary N) is 2. The minimum absolute atomic E-state index is 0.292. The molecule has 132 valence electrons. The van der Waals surface area contributed by atoms with E-state index in [0.29, 0.717) is 37.5 Å². The number of ether oxygens (including phenoxy) is 1. The van der Waals surface area contributed by atoms with E-state index in [2.05, 4.69) is 10.6 Å². The van der Waals surface area contributed by atoms with E-state index in [1.54, 1.807) is 24.3 Å². The molecule has 3 rings (SSSR count). The van der Waals surface area contributed by atoms with Gasteiger partial charge in [-0.15, -0.1) is 0 Å². The third-order valence-corrected chi connectivity index (χ3v) is 6.84. The van der Waals surface area contributed by atoms with E-state index in [1.165, 1.54) is 12.8 Å². The van der Waals surface area contributed by atoms with Gasteiger partial charge in [-0.05, 0) is 69.0 Å². The summed E-state index contributed by atoms with van der Waals surface area (Å²) in [5.41, 5.74) is 0.584. The van der Waals surface area contributed by atoms with Crippen LogP contribution < -0.4 is 15.4 Å². The fourth-order valence-electron chi connectivity index (χ4n) is 2.97. The first-order valence-corrected chi connectivity index (χ1v) is 10.2. The van der Waals surface area contributed by atoms with Crippen LogP contribution in [0, 0.1) is 5.92 Å². The lowest BCUT2D eigenvalue weighted by Crippen LogP contribution is -2.55. The highest BCUT2D eigenvalue weighted by molar-refractivity contribution is 7.92. The molecule has 0 atom stereocenters. The normalized spacial score (nSPS) is 20.4. The van der Waals surface area contributed by atoms with Gasteiger partial charge in [-0.25, -0.2) is 8.42 Å². The fourth-order valence-corrected chi connectivity index (χ4v) is 4.31. The maximum Gasteiger partial charge on any atom is 0.245 e. The highest BCUT2D eigenvalue weighted by Gasteiger charge is 2.48. The van der Waals surface area contributed by atoms with Gasteiger partial charge in [-0.1, -0.05) is 0 Å². The van der Waals surface area contributed by atoms with Crippen molar-refractivity contribution in [3.63, 3.8) is 0 Å². The molecule has 0 bridgehead atoms. The second-order valence-corrected chi connectivity index (χ2v) is 9.08. The second kappa shape index (κ2) is 6.72. The molecule has 2 fully saturated rings. The summed E-state index contributed by atoms with van der Waals surface area (Å²) in [5, 5.41) is 5.87. The third kappa shape index (κ3) is 3.72. The molecule has 0 aromatic heterocycles. The smallest absolute Gasteiger partial charge is 0.245 e. The van der Waals surface area contributed by atoms with Crippen LogP contribution in [-0.4, -0.2) is 45.0 Å². The van der Waals surface area contributed by atoms with Gasteiger partial charge in [0.25, 0.3) is 0 Å². The van der Waals surface area contributed by atoms with Gasteiger partial charge in [-0.3, -0.25) is 4.79 Å². The molecule has 1 heterocycles. The summed E-state index contributed by atoms with van der Waals surface area (Å²) in [5.74, 6) is 0.997. The molecular formula is C17H24N2O4S. The first-order chi connectivity index (χ1) is 11.4. The predicted octanol–water partition coefficient (Wildman–Crippen LogP) is 1.58. The van der Waals surface area contributed by atoms with E-state index in [1.807, 2.05) is 0 Å². The van der Waals surface area contributed by atoms with Crippen LogP contribution in [0.2, 0.25) is 0 Å². The molecule has 1 aromatic carbocycles. The van der Waals surface area contributed by atoms with Crippen molar-refractivity contribution < 1.29 is 17.9 Å². The average Bonchev–Trinajstić information content (AvgIpc) is 3.38. The molecule has 2 aliphatic rings. The monoisotopic (exact) mass is 352 g/mol. The van der Waals surface area contributed by atoms with Gasteiger partial charge in [0.1, 0.15) is 5.75 Å². The van der Waals surface area contributed by atoms with Crippen LogP contribution in [0.3, 0.4) is 0 Å². The number of rotatable bonds is 6. The lowest BCUT2D eigenvalue weighted by Gasteiger charge is -2.34. The van der Waals surface area contributed by atoms with Gasteiger partial charge in [-0.2, -0.15) is 0 Å². The molecule has 1 aliphatic carbocycles. The summed E-state index contributed by atoms with van der Waals surface area (Å²) in [7, 11) is -3.50. The van der Waals surface area contributed by atoms with Crippen LogP contribution in [-0.2, 0) is 14.6 Å². The van der Waals surface area contributed by atoms with Crippen LogP contribution in [0.5, 0.6) is 5.75 Å². The number of carbonyl (C=O) groups excluding carboxylic acids is 1. The van der Waals surface area contributed by atoms with E-state index in [0.717, 1.165) is 18.6 Å². The molecule has 1 aliphatic heterocycles. The predicted molar refractivity (Wildman–Crippen MR) is 93.0 cm³/mol. The number of sulfone groups is 1. The van der Waals surface area contributed by atoms with Crippen molar-refractivity contribution in [3.05, 3.63) is 24.3 Å². The molecule has 0 radical (unpaired) electrons. The van der Waals surface area contributed by atoms with Crippen molar-refractivity contribution in [3.8, 4) is 5.75 Å². The molecule has 1 saturated carbocycles. The lowest BCUT2D eigenvalue weighted by atomic mass is 9.95. The first kappa shape index (κ1) is 17.2. The molecule has 2 N–H and O–H groups in total. The van der Waals surface area contributed by atoms with E-state index in [9.17, 15) is 13.2 Å². The number of benzene rings is 1. The molecule has 1 amide bonds. The van der Waals surface area contributed by atoms with E-state index >= 15 is 0 Å². The maximum atomic E-state index is 12.7. The molecule has 1 saturated heterocycles. The van der Waals surface area contributed by atoms with Crippen molar-refractivity contribution in [2.24, 2.45) is 5.92 Å². The third-order valence-electron chi connectivity index (χ3n) is 4.83. The number of amides is 1. The molecule has 0 unspecified atom stereocenters. The Morgan fingerprint density at radius 2 is 1.88 bits per heavy atom. The topological polar surface area (TPSA) is 84.5 Å². The highest BCUT2D eigenvalue weighted by atomic mass is 32.2. The minimum Gasteiger partial charge on any atom is -0.493 e. The van der Waals surface area contributed by atoms with E-state index in [-0.39, 0.29) is 0 Å². The summed E-state index contributed by atoms with van der Waals surface area (Å²) in [6.45, 7) is 1.78. The average molecular weight is 352 g/mol. The number of piperidine rings is 1. The molecule has 0 spiro atoms. The fraction of sp³-hybridized carbons (Fsp3) is 0.588. The number of hydrogen-bond acceptors (Lipinski definition) is 5. The van der Waals surface area contributed by atoms with Crippen molar-refractivity contribution in [1.82, 2.24) is 5.32 Å². The Morgan fingerprint density at radius 1 is 1.25 bits per heavy atom. The van der Waals surface area contributed by atoms with Crippen molar-refractivity contribution >= 4 is 21.4 Å². The summed E-state index contributed by atoms with van der Waals surface area (Å²) >= 11 is 0. The SMILES string of the molecule is CS(=O)(=O)C1(C(=O)Nc2ccc(OCC3CC3)cc2)CCNCC1. The maximum absolute atomic E-state index is 12.7. The van der Waals surface area contributed by atoms with Crippen molar-refractivity contribution in [2.75, 3.05) is 31.3 Å². The summed E-state index contributed by atoms with van der Waals surface area (Å²) in [6.07, 6.45) is 4.19. The zero-order chi connectivity index (χ0) is 17.2. The van der Waals surface area contributed by atoms with Crippen LogP contribution >= 0.6 is 0 Å². The van der Waals surface area contributed by atoms with Gasteiger partial charge in [0.2, 0.25) is 5.91 Å². The van der Waals surface area contributed by atoms with Gasteiger partial charge in [0.15, 0.2) is 14.6 Å². The lowest BCUT2D eigenvalue weighted by molar-refractivity contribution is -0.119. The van der Waals surface area contributed by atoms with Gasteiger partial charge in [0, 0.05) is 11.9 Å². The van der Waals surface area contributed by atoms with Crippen LogP contribution in [0.15, 0.2) is 24.3 Å². The summed E-state index contributed by atoms with van der Waals surface area (Å²) in [6, 6.07) is 7.09. The first-order valence-electron chi connectivity index (χ1n) is 8.35. The largest absolute Gasteiger partial charge is 0.493 e. The van der Waals surface area contributed by atoms with E-state index in [4.69, 9.17) is 4.74 Å². The van der Waals surface area contributed by atoms with Gasteiger partial charge in [0.05, 0.1) is 6.61 Å². The number of hydrogen-bond donors (Lipinski definition) is 2. The highest BCUT2D eigenvalue weighted by Crippen LogP contribution is 2.31. The number of carbonyl (C=O) groups is 1. The molecular weight excluding hydrogens is 328 g/mol. The van der Waals surface area contributed by atoms with Crippen LogP contribution in [0.1, 0.15) is 25.7 Å². The van der Waals surface area contributed by atoms with Crippen molar-refractivity contribution in [2.45, 2.75) is 30.4 Å². The van der Waals surface area contributed by atoms with Crippen LogP contribution in [0.25, 0.3) is 0 Å². The Kier molecular flexibility index (Phi) is 4.83. The summed E-state index contributed by atoms with van der Waals surface area (Å²) < 4.78 is 28.8. The quantitative estimate of drug-likeness (QED) is 0.812. The molecule has 24 heavy (non-hydrogen) atoms. The second-order valence-electron chi connectivity index (χ2n) is 6.75. The Labute approximate surface area is 142 Å². The van der Waals surface area contributed by atoms with Gasteiger partial charge >= 0.3 is 0 Å². The zero-order valence-electron chi connectivity index (χ0n) is 13.9. The Bertz CT molecular complexity index is 690. The van der Waals surface area contributed by atoms with Gasteiger partial charge < -0.3 is 15.4 Å². The Hall–Kier alpha value is -1.60. The zero-order valence-corrected chi connectivity index (χ0v) is 14.7. The standard InChI is InChI=1S/C17H24N2O4S/c1-24(21,22)17(8-10-18-11-9-17)16(20)19-14-4-6-15(7-5-14)23-12-13-2-3-13/h4-7,13,18H,2-3,8-12H2,1H3,(H,19,20). The molecule has 7 heteroatoms. The molecule has 6 nitrogen and oxygen atoms in total. The Morgan fingerprint density at radius 3 is 2.42 bits per heavy atom. The Balaban J connectivity index is 1.68. The van der Waals surface area contributed by atoms with Crippen molar-refractivity contribution in [1.29, 1.82) is 0 Å². The van der Waals surface area contributed by atoms with E-state index < -0.39 is 20.5 Å².